The van der Waals surface area contributed by atoms with Gasteiger partial charge in [-0.2, -0.15) is 0 Å². The molecule has 1 unspecified atom stereocenters. The maximum absolute atomic E-state index is 12.6. The molecule has 2 aliphatic rings. The molecule has 2 aliphatic heterocycles. The van der Waals surface area contributed by atoms with Crippen molar-refractivity contribution in [3.63, 3.8) is 0 Å². The summed E-state index contributed by atoms with van der Waals surface area (Å²) in [5, 5.41) is 0. The van der Waals surface area contributed by atoms with Gasteiger partial charge in [-0.3, -0.25) is 9.59 Å². The number of anilines is 1. The Bertz CT molecular complexity index is 571. The van der Waals surface area contributed by atoms with E-state index in [9.17, 15) is 9.59 Å². The van der Waals surface area contributed by atoms with Crippen LogP contribution in [-0.4, -0.2) is 71.4 Å². The van der Waals surface area contributed by atoms with Crippen molar-refractivity contribution in [2.75, 3.05) is 44.2 Å². The Hall–Kier alpha value is -2.18. The topological polar surface area (TPSA) is 69.6 Å². The highest BCUT2D eigenvalue weighted by atomic mass is 16.2. The summed E-state index contributed by atoms with van der Waals surface area (Å²) in [6, 6.07) is 1.67. The normalized spacial score (nSPS) is 22.1. The lowest BCUT2D eigenvalue weighted by Gasteiger charge is -2.33. The number of nitrogens with zero attached hydrogens (tertiary/aromatic N) is 5. The average Bonchev–Trinajstić information content (AvgIpc) is 2.61. The molecule has 2 saturated heterocycles. The van der Waals surface area contributed by atoms with Crippen molar-refractivity contribution in [2.24, 2.45) is 5.92 Å². The average molecular weight is 317 g/mol. The molecule has 3 heterocycles. The second kappa shape index (κ2) is 6.93. The summed E-state index contributed by atoms with van der Waals surface area (Å²) in [5.41, 5.74) is 0.438. The molecule has 23 heavy (non-hydrogen) atoms. The monoisotopic (exact) mass is 317 g/mol. The van der Waals surface area contributed by atoms with Gasteiger partial charge in [-0.25, -0.2) is 9.97 Å². The zero-order chi connectivity index (χ0) is 16.2. The minimum atomic E-state index is -0.0794. The smallest absolute Gasteiger partial charge is 0.272 e. The summed E-state index contributed by atoms with van der Waals surface area (Å²) < 4.78 is 0. The van der Waals surface area contributed by atoms with Gasteiger partial charge in [0.1, 0.15) is 5.69 Å². The van der Waals surface area contributed by atoms with E-state index in [1.54, 1.807) is 22.1 Å². The van der Waals surface area contributed by atoms with Gasteiger partial charge in [0.05, 0.1) is 0 Å². The molecule has 2 amide bonds. The molecule has 1 aromatic heterocycles. The van der Waals surface area contributed by atoms with E-state index in [0.29, 0.717) is 43.7 Å². The van der Waals surface area contributed by atoms with Gasteiger partial charge in [-0.05, 0) is 24.8 Å². The number of hydrogen-bond acceptors (Lipinski definition) is 5. The molecule has 1 atom stereocenters. The van der Waals surface area contributed by atoms with Crippen molar-refractivity contribution in [2.45, 2.75) is 19.8 Å². The van der Waals surface area contributed by atoms with Gasteiger partial charge in [0.25, 0.3) is 5.91 Å². The molecule has 1 aromatic rings. The summed E-state index contributed by atoms with van der Waals surface area (Å²) in [4.78, 5) is 37.8. The molecule has 0 radical (unpaired) electrons. The SMILES string of the molecule is CC1CCCN(c2nccc(C(=O)N3CCN(C=O)CC3)n2)C1. The van der Waals surface area contributed by atoms with Crippen molar-refractivity contribution < 1.29 is 9.59 Å². The summed E-state index contributed by atoms with van der Waals surface area (Å²) in [6.45, 7) is 6.38. The Morgan fingerprint density at radius 3 is 2.74 bits per heavy atom. The van der Waals surface area contributed by atoms with E-state index in [-0.39, 0.29) is 5.91 Å². The van der Waals surface area contributed by atoms with Gasteiger partial charge in [-0.15, -0.1) is 0 Å². The largest absolute Gasteiger partial charge is 0.342 e. The first kappa shape index (κ1) is 15.7. The molecule has 0 saturated carbocycles. The van der Waals surface area contributed by atoms with Crippen LogP contribution in [0.25, 0.3) is 0 Å². The predicted octanol–water partition coefficient (Wildman–Crippen LogP) is 0.627. The highest BCUT2D eigenvalue weighted by Gasteiger charge is 2.24. The number of hydrogen-bond donors (Lipinski definition) is 0. The summed E-state index contributed by atoms with van der Waals surface area (Å²) in [5.74, 6) is 1.20. The van der Waals surface area contributed by atoms with E-state index in [1.807, 2.05) is 0 Å². The zero-order valence-corrected chi connectivity index (χ0v) is 13.5. The maximum atomic E-state index is 12.6. The van der Waals surface area contributed by atoms with E-state index in [4.69, 9.17) is 0 Å². The fraction of sp³-hybridized carbons (Fsp3) is 0.625. The zero-order valence-electron chi connectivity index (χ0n) is 13.5. The molecule has 0 aliphatic carbocycles. The third-order valence-corrected chi connectivity index (χ3v) is 4.55. The molecular formula is C16H23N5O2. The summed E-state index contributed by atoms with van der Waals surface area (Å²) in [7, 11) is 0. The number of amides is 2. The highest BCUT2D eigenvalue weighted by molar-refractivity contribution is 5.92. The molecule has 3 rings (SSSR count). The Kier molecular flexibility index (Phi) is 4.73. The quantitative estimate of drug-likeness (QED) is 0.765. The molecule has 0 bridgehead atoms. The molecule has 7 nitrogen and oxygen atoms in total. The van der Waals surface area contributed by atoms with E-state index >= 15 is 0 Å². The van der Waals surface area contributed by atoms with Crippen LogP contribution in [0.4, 0.5) is 5.95 Å². The number of piperazine rings is 1. The molecular weight excluding hydrogens is 294 g/mol. The summed E-state index contributed by atoms with van der Waals surface area (Å²) >= 11 is 0. The number of carbonyl (C=O) groups excluding carboxylic acids is 2. The first-order valence-corrected chi connectivity index (χ1v) is 8.24. The van der Waals surface area contributed by atoms with E-state index in [1.165, 1.54) is 6.42 Å². The van der Waals surface area contributed by atoms with Crippen molar-refractivity contribution in [3.05, 3.63) is 18.0 Å². The second-order valence-electron chi connectivity index (χ2n) is 6.37. The first-order valence-electron chi connectivity index (χ1n) is 8.24. The lowest BCUT2D eigenvalue weighted by Crippen LogP contribution is -2.48. The van der Waals surface area contributed by atoms with Crippen molar-refractivity contribution in [1.29, 1.82) is 0 Å². The third kappa shape index (κ3) is 3.60. The minimum absolute atomic E-state index is 0.0794. The van der Waals surface area contributed by atoms with Crippen LogP contribution in [0, 0.1) is 5.92 Å². The van der Waals surface area contributed by atoms with Crippen molar-refractivity contribution in [3.8, 4) is 0 Å². The second-order valence-corrected chi connectivity index (χ2v) is 6.37. The Balaban J connectivity index is 1.69. The van der Waals surface area contributed by atoms with Crippen LogP contribution in [0.5, 0.6) is 0 Å². The van der Waals surface area contributed by atoms with Gasteiger partial charge >= 0.3 is 0 Å². The van der Waals surface area contributed by atoms with Gasteiger partial charge in [0.15, 0.2) is 0 Å². The molecule has 0 N–H and O–H groups in total. The molecule has 0 aromatic carbocycles. The van der Waals surface area contributed by atoms with E-state index in [2.05, 4.69) is 21.8 Å². The van der Waals surface area contributed by atoms with Crippen LogP contribution in [0.2, 0.25) is 0 Å². The van der Waals surface area contributed by atoms with Gasteiger partial charge in [0, 0.05) is 45.5 Å². The van der Waals surface area contributed by atoms with E-state index in [0.717, 1.165) is 25.9 Å². The number of rotatable bonds is 3. The summed E-state index contributed by atoms with van der Waals surface area (Å²) in [6.07, 6.45) is 4.87. The van der Waals surface area contributed by atoms with Gasteiger partial charge in [0.2, 0.25) is 12.4 Å². The fourth-order valence-corrected chi connectivity index (χ4v) is 3.18. The van der Waals surface area contributed by atoms with Crippen LogP contribution in [0.1, 0.15) is 30.3 Å². The van der Waals surface area contributed by atoms with Crippen molar-refractivity contribution >= 4 is 18.3 Å². The molecule has 2 fully saturated rings. The van der Waals surface area contributed by atoms with Crippen LogP contribution in [-0.2, 0) is 4.79 Å². The first-order chi connectivity index (χ1) is 11.2. The lowest BCUT2D eigenvalue weighted by molar-refractivity contribution is -0.119. The number of carbonyl (C=O) groups is 2. The van der Waals surface area contributed by atoms with Crippen LogP contribution >= 0.6 is 0 Å². The Labute approximate surface area is 136 Å². The van der Waals surface area contributed by atoms with Crippen LogP contribution < -0.4 is 4.90 Å². The van der Waals surface area contributed by atoms with Crippen LogP contribution in [0.3, 0.4) is 0 Å². The Morgan fingerprint density at radius 1 is 1.26 bits per heavy atom. The highest BCUT2D eigenvalue weighted by Crippen LogP contribution is 2.20. The minimum Gasteiger partial charge on any atom is -0.342 e. The third-order valence-electron chi connectivity index (χ3n) is 4.55. The van der Waals surface area contributed by atoms with Crippen LogP contribution in [0.15, 0.2) is 12.3 Å². The van der Waals surface area contributed by atoms with Gasteiger partial charge < -0.3 is 14.7 Å². The van der Waals surface area contributed by atoms with Crippen molar-refractivity contribution in [1.82, 2.24) is 19.8 Å². The molecule has 0 spiro atoms. The molecule has 7 heteroatoms. The fourth-order valence-electron chi connectivity index (χ4n) is 3.18. The standard InChI is InChI=1S/C16H23N5O2/c1-13-3-2-6-21(11-13)16-17-5-4-14(18-16)15(23)20-9-7-19(12-22)8-10-20/h4-5,12-13H,2-3,6-11H2,1H3. The predicted molar refractivity (Wildman–Crippen MR) is 86.2 cm³/mol. The maximum Gasteiger partial charge on any atom is 0.272 e. The number of piperidine rings is 1. The Morgan fingerprint density at radius 2 is 2.04 bits per heavy atom. The lowest BCUT2D eigenvalue weighted by atomic mass is 10.0. The number of aromatic nitrogens is 2. The van der Waals surface area contributed by atoms with Gasteiger partial charge in [-0.1, -0.05) is 6.92 Å². The molecule has 124 valence electrons. The van der Waals surface area contributed by atoms with E-state index < -0.39 is 0 Å².